The first-order valence-electron chi connectivity index (χ1n) is 22.4. The number of esters is 1. The van der Waals surface area contributed by atoms with Gasteiger partial charge < -0.3 is 20.1 Å². The molecule has 8 fully saturated rings. The third-order valence-electron chi connectivity index (χ3n) is 20.0. The van der Waals surface area contributed by atoms with E-state index in [0.717, 1.165) is 57.3 Å². The topological polar surface area (TPSA) is 125 Å². The number of carbonyl (C=O) groups is 2. The quantitative estimate of drug-likeness (QED) is 0.195. The van der Waals surface area contributed by atoms with Crippen molar-refractivity contribution in [3.63, 3.8) is 0 Å². The standard InChI is InChI=1S/C45H75N3O6S/c1-39(2)31(37(49)50)26-32(39)38(51)54-35-14-16-42(6)33(40(35,3)4)13-17-44(8)34(42)11-10-30-36-29(41(5)19-20-41)12-18-45(36,22-21-43(30,44)7)46-23-25-48-24-15-28(27-48)47-55(9,52)53/h28-36,46-47H,10-27H2,1-9H3,(H,49,50)/t28?,29?,30?,31-,32+,33-,34+,35-,36+,42-,43+,44+,45-/m0/s1. The number of hydrogen-bond donors (Lipinski definition) is 3. The fraction of sp³-hybridized carbons (Fsp3) is 0.956. The van der Waals surface area contributed by atoms with Gasteiger partial charge in [0.15, 0.2) is 0 Å². The first kappa shape index (κ1) is 40.5. The Morgan fingerprint density at radius 1 is 0.764 bits per heavy atom. The summed E-state index contributed by atoms with van der Waals surface area (Å²) in [5, 5.41) is 14.0. The molecule has 1 heterocycles. The third kappa shape index (κ3) is 6.23. The summed E-state index contributed by atoms with van der Waals surface area (Å²) in [6, 6.07) is 0.0267. The van der Waals surface area contributed by atoms with Gasteiger partial charge in [-0.3, -0.25) is 9.59 Å². The van der Waals surface area contributed by atoms with Gasteiger partial charge in [0.1, 0.15) is 6.10 Å². The van der Waals surface area contributed by atoms with E-state index in [1.54, 1.807) is 0 Å². The molecule has 9 nitrogen and oxygen atoms in total. The molecule has 10 heteroatoms. The average molecular weight is 786 g/mol. The highest BCUT2D eigenvalue weighted by atomic mass is 32.2. The Bertz CT molecular complexity index is 1660. The van der Waals surface area contributed by atoms with E-state index in [2.05, 4.69) is 56.5 Å². The van der Waals surface area contributed by atoms with Gasteiger partial charge in [0.25, 0.3) is 0 Å². The highest BCUT2D eigenvalue weighted by Gasteiger charge is 2.72. The van der Waals surface area contributed by atoms with Crippen LogP contribution in [0.2, 0.25) is 0 Å². The Kier molecular flexibility index (Phi) is 9.68. The zero-order valence-corrected chi connectivity index (χ0v) is 36.6. The molecule has 8 rings (SSSR count). The SMILES string of the molecule is CC1(C2CC[C@]3(NCCN4CCC(NS(C)(=O)=O)C4)CC[C@]4(C)C(CC[C@@H]5[C@@]6(C)CC[C@H](OC(=O)[C@H]7C[C@@H](C(=O)O)C7(C)C)C(C)(C)[C@@H]6CC[C@]54C)[C@@H]23)CC1. The van der Waals surface area contributed by atoms with Crippen LogP contribution in [-0.2, 0) is 24.3 Å². The molecule has 55 heavy (non-hydrogen) atoms. The van der Waals surface area contributed by atoms with Crippen molar-refractivity contribution in [2.24, 2.45) is 73.9 Å². The summed E-state index contributed by atoms with van der Waals surface area (Å²) in [6.07, 6.45) is 17.4. The monoisotopic (exact) mass is 786 g/mol. The van der Waals surface area contributed by atoms with Gasteiger partial charge in [-0.05, 0) is 153 Å². The molecular formula is C45H75N3O6S. The number of ether oxygens (including phenoxy) is 1. The van der Waals surface area contributed by atoms with Crippen molar-refractivity contribution < 1.29 is 27.9 Å². The fourth-order valence-electron chi connectivity index (χ4n) is 16.3. The zero-order chi connectivity index (χ0) is 39.8. The van der Waals surface area contributed by atoms with Crippen LogP contribution < -0.4 is 10.0 Å². The highest BCUT2D eigenvalue weighted by molar-refractivity contribution is 7.88. The molecule has 0 radical (unpaired) electrons. The van der Waals surface area contributed by atoms with E-state index in [0.29, 0.717) is 29.6 Å². The summed E-state index contributed by atoms with van der Waals surface area (Å²) in [4.78, 5) is 27.9. The van der Waals surface area contributed by atoms with E-state index in [4.69, 9.17) is 4.74 Å². The molecule has 13 atom stereocenters. The molecule has 1 aliphatic heterocycles. The van der Waals surface area contributed by atoms with Crippen LogP contribution in [0, 0.1) is 73.9 Å². The van der Waals surface area contributed by atoms with Crippen LogP contribution in [0.5, 0.6) is 0 Å². The number of likely N-dealkylation sites (tertiary alicyclic amines) is 1. The molecular weight excluding hydrogens is 711 g/mol. The summed E-state index contributed by atoms with van der Waals surface area (Å²) in [7, 11) is -3.18. The maximum absolute atomic E-state index is 13.6. The van der Waals surface area contributed by atoms with Gasteiger partial charge in [0, 0.05) is 36.6 Å². The summed E-state index contributed by atoms with van der Waals surface area (Å²) >= 11 is 0. The van der Waals surface area contributed by atoms with Crippen LogP contribution in [0.4, 0.5) is 0 Å². The minimum absolute atomic E-state index is 0.0267. The highest BCUT2D eigenvalue weighted by Crippen LogP contribution is 2.78. The van der Waals surface area contributed by atoms with E-state index in [-0.39, 0.29) is 51.2 Å². The number of nitrogens with one attached hydrogen (secondary N) is 2. The molecule has 7 saturated carbocycles. The molecule has 0 bridgehead atoms. The van der Waals surface area contributed by atoms with E-state index in [9.17, 15) is 23.1 Å². The van der Waals surface area contributed by atoms with Gasteiger partial charge in [-0.15, -0.1) is 0 Å². The summed E-state index contributed by atoms with van der Waals surface area (Å²) < 4.78 is 33.0. The lowest BCUT2D eigenvalue weighted by atomic mass is 9.32. The predicted molar refractivity (Wildman–Crippen MR) is 216 cm³/mol. The number of hydrogen-bond acceptors (Lipinski definition) is 7. The average Bonchev–Trinajstić information content (AvgIpc) is 3.47. The second-order valence-corrected chi connectivity index (χ2v) is 24.8. The molecule has 0 aromatic heterocycles. The predicted octanol–water partition coefficient (Wildman–Crippen LogP) is 7.49. The molecule has 0 aromatic carbocycles. The van der Waals surface area contributed by atoms with Crippen molar-refractivity contribution in [1.29, 1.82) is 0 Å². The second kappa shape index (κ2) is 13.1. The fourth-order valence-corrected chi connectivity index (χ4v) is 17.1. The van der Waals surface area contributed by atoms with Crippen LogP contribution >= 0.6 is 0 Å². The molecule has 8 aliphatic rings. The Labute approximate surface area is 333 Å². The van der Waals surface area contributed by atoms with E-state index >= 15 is 0 Å². The number of carboxylic acid groups (broad SMARTS) is 1. The van der Waals surface area contributed by atoms with Crippen LogP contribution in [0.25, 0.3) is 0 Å². The molecule has 0 amide bonds. The van der Waals surface area contributed by atoms with E-state index < -0.39 is 27.3 Å². The number of fused-ring (bicyclic) bond motifs is 7. The maximum atomic E-state index is 13.6. The number of carboxylic acids is 1. The Hall–Kier alpha value is -1.23. The zero-order valence-electron chi connectivity index (χ0n) is 35.8. The van der Waals surface area contributed by atoms with Crippen molar-refractivity contribution in [2.75, 3.05) is 32.4 Å². The number of rotatable bonds is 10. The van der Waals surface area contributed by atoms with Gasteiger partial charge in [-0.2, -0.15) is 0 Å². The Morgan fingerprint density at radius 3 is 2.15 bits per heavy atom. The smallest absolute Gasteiger partial charge is 0.309 e. The summed E-state index contributed by atoms with van der Waals surface area (Å²) in [5.74, 6) is 1.55. The number of aliphatic carboxylic acids is 1. The lowest BCUT2D eigenvalue weighted by Gasteiger charge is -2.73. The van der Waals surface area contributed by atoms with Gasteiger partial charge >= 0.3 is 11.9 Å². The largest absolute Gasteiger partial charge is 0.481 e. The summed E-state index contributed by atoms with van der Waals surface area (Å²) in [5.41, 5.74) is 0.744. The van der Waals surface area contributed by atoms with E-state index in [1.807, 2.05) is 13.8 Å². The normalized spacial score (nSPS) is 48.1. The van der Waals surface area contributed by atoms with Gasteiger partial charge in [-0.1, -0.05) is 55.4 Å². The van der Waals surface area contributed by atoms with Crippen molar-refractivity contribution in [3.8, 4) is 0 Å². The lowest BCUT2D eigenvalue weighted by Crippen LogP contribution is -2.69. The van der Waals surface area contributed by atoms with Gasteiger partial charge in [-0.25, -0.2) is 13.1 Å². The summed E-state index contributed by atoms with van der Waals surface area (Å²) in [6.45, 7) is 23.0. The third-order valence-corrected chi connectivity index (χ3v) is 20.7. The van der Waals surface area contributed by atoms with Crippen molar-refractivity contribution in [3.05, 3.63) is 0 Å². The van der Waals surface area contributed by atoms with E-state index in [1.165, 1.54) is 70.5 Å². The van der Waals surface area contributed by atoms with Gasteiger partial charge in [0.2, 0.25) is 10.0 Å². The van der Waals surface area contributed by atoms with Crippen LogP contribution in [0.3, 0.4) is 0 Å². The van der Waals surface area contributed by atoms with Crippen LogP contribution in [-0.4, -0.2) is 80.5 Å². The number of carbonyl (C=O) groups excluding carboxylic acids is 1. The Balaban J connectivity index is 0.985. The molecule has 1 saturated heterocycles. The van der Waals surface area contributed by atoms with Crippen LogP contribution in [0.1, 0.15) is 145 Å². The molecule has 7 aliphatic carbocycles. The van der Waals surface area contributed by atoms with Crippen molar-refractivity contribution in [1.82, 2.24) is 14.9 Å². The minimum atomic E-state index is -3.18. The minimum Gasteiger partial charge on any atom is -0.481 e. The first-order chi connectivity index (χ1) is 25.5. The lowest BCUT2D eigenvalue weighted by molar-refractivity contribution is -0.249. The number of nitrogens with zero attached hydrogens (tertiary/aromatic N) is 1. The number of sulfonamides is 1. The maximum Gasteiger partial charge on any atom is 0.309 e. The molecule has 0 spiro atoms. The Morgan fingerprint density at radius 2 is 1.49 bits per heavy atom. The van der Waals surface area contributed by atoms with Crippen molar-refractivity contribution >= 4 is 22.0 Å². The molecule has 0 aromatic rings. The molecule has 3 N–H and O–H groups in total. The van der Waals surface area contributed by atoms with Gasteiger partial charge in [0.05, 0.1) is 18.1 Å². The van der Waals surface area contributed by atoms with Crippen molar-refractivity contribution in [2.45, 2.75) is 163 Å². The molecule has 3 unspecified atom stereocenters. The first-order valence-corrected chi connectivity index (χ1v) is 24.3. The molecule has 312 valence electrons. The second-order valence-electron chi connectivity index (χ2n) is 23.0. The van der Waals surface area contributed by atoms with Crippen LogP contribution in [0.15, 0.2) is 0 Å².